The first-order valence-electron chi connectivity index (χ1n) is 5.02. The molecule has 0 unspecified atom stereocenters. The van der Waals surface area contributed by atoms with Gasteiger partial charge in [0, 0.05) is 12.8 Å². The van der Waals surface area contributed by atoms with Gasteiger partial charge in [0.05, 0.1) is 11.9 Å². The molecule has 0 aliphatic heterocycles. The zero-order valence-electron chi connectivity index (χ0n) is 9.32. The van der Waals surface area contributed by atoms with Gasteiger partial charge in [-0.15, -0.1) is 11.3 Å². The number of thioether (sulfide) groups is 1. The van der Waals surface area contributed by atoms with Gasteiger partial charge < -0.3 is 0 Å². The van der Waals surface area contributed by atoms with Crippen molar-refractivity contribution in [1.82, 2.24) is 9.55 Å². The summed E-state index contributed by atoms with van der Waals surface area (Å²) in [7, 11) is 1.52. The third-order valence-corrected chi connectivity index (χ3v) is 4.19. The number of aromatic nitrogens is 2. The Labute approximate surface area is 109 Å². The molecule has 18 heavy (non-hydrogen) atoms. The average Bonchev–Trinajstić information content (AvgIpc) is 2.71. The van der Waals surface area contributed by atoms with E-state index in [1.54, 1.807) is 11.4 Å². The van der Waals surface area contributed by atoms with Crippen molar-refractivity contribution in [2.45, 2.75) is 17.8 Å². The minimum absolute atomic E-state index is 0.139. The van der Waals surface area contributed by atoms with Crippen molar-refractivity contribution in [2.75, 3.05) is 5.75 Å². The molecule has 0 atom stereocenters. The van der Waals surface area contributed by atoms with E-state index < -0.39 is 12.6 Å². The van der Waals surface area contributed by atoms with Crippen LogP contribution in [0.2, 0.25) is 0 Å². The molecule has 2 rings (SSSR count). The maximum Gasteiger partial charge on any atom is 0.389 e. The van der Waals surface area contributed by atoms with Crippen LogP contribution in [0.15, 0.2) is 21.4 Å². The summed E-state index contributed by atoms with van der Waals surface area (Å²) in [6.07, 6.45) is -5.08. The highest BCUT2D eigenvalue weighted by atomic mass is 32.2. The summed E-state index contributed by atoms with van der Waals surface area (Å²) in [5, 5.41) is 2.05. The van der Waals surface area contributed by atoms with Gasteiger partial charge in [-0.3, -0.25) is 9.36 Å². The van der Waals surface area contributed by atoms with Crippen molar-refractivity contribution in [3.8, 4) is 0 Å². The topological polar surface area (TPSA) is 34.9 Å². The molecular formula is C10H9F3N2OS2. The summed E-state index contributed by atoms with van der Waals surface area (Å²) in [4.78, 5) is 16.1. The Morgan fingerprint density at radius 2 is 2.22 bits per heavy atom. The summed E-state index contributed by atoms with van der Waals surface area (Å²) < 4.78 is 37.9. The fourth-order valence-electron chi connectivity index (χ4n) is 1.35. The first-order valence-corrected chi connectivity index (χ1v) is 6.89. The Morgan fingerprint density at radius 1 is 1.50 bits per heavy atom. The van der Waals surface area contributed by atoms with Crippen molar-refractivity contribution in [3.05, 3.63) is 21.8 Å². The van der Waals surface area contributed by atoms with Gasteiger partial charge in [-0.05, 0) is 11.4 Å². The third kappa shape index (κ3) is 2.86. The van der Waals surface area contributed by atoms with Crippen molar-refractivity contribution in [1.29, 1.82) is 0 Å². The number of rotatable bonds is 3. The molecule has 0 saturated carbocycles. The van der Waals surface area contributed by atoms with Gasteiger partial charge in [0.15, 0.2) is 5.16 Å². The quantitative estimate of drug-likeness (QED) is 0.644. The van der Waals surface area contributed by atoms with Crippen LogP contribution in [0.25, 0.3) is 10.2 Å². The molecule has 2 aromatic rings. The summed E-state index contributed by atoms with van der Waals surface area (Å²) in [6, 6.07) is 1.69. The highest BCUT2D eigenvalue weighted by molar-refractivity contribution is 7.99. The third-order valence-electron chi connectivity index (χ3n) is 2.26. The Hall–Kier alpha value is -1.02. The zero-order chi connectivity index (χ0) is 13.3. The van der Waals surface area contributed by atoms with Crippen LogP contribution in [0.5, 0.6) is 0 Å². The fourth-order valence-corrected chi connectivity index (χ4v) is 3.12. The Balaban J connectivity index is 2.23. The number of fused-ring (bicyclic) bond motifs is 1. The molecule has 2 heterocycles. The summed E-state index contributed by atoms with van der Waals surface area (Å²) >= 11 is 2.22. The molecule has 3 nitrogen and oxygen atoms in total. The van der Waals surface area contributed by atoms with Gasteiger partial charge in [0.1, 0.15) is 4.70 Å². The second kappa shape index (κ2) is 4.93. The van der Waals surface area contributed by atoms with Crippen LogP contribution in [0.3, 0.4) is 0 Å². The molecule has 0 aliphatic carbocycles. The Kier molecular flexibility index (Phi) is 3.67. The number of nitrogens with zero attached hydrogens (tertiary/aromatic N) is 2. The summed E-state index contributed by atoms with van der Waals surface area (Å²) in [5.74, 6) is -0.139. The van der Waals surface area contributed by atoms with Crippen LogP contribution in [0.4, 0.5) is 13.2 Å². The first-order chi connectivity index (χ1) is 8.38. The standard InChI is InChI=1S/C10H9F3N2OS2/c1-15-8(16)7-6(2-4-17-7)14-9(15)18-5-3-10(11,12)13/h2,4H,3,5H2,1H3. The predicted molar refractivity (Wildman–Crippen MR) is 66.3 cm³/mol. The van der Waals surface area contributed by atoms with Gasteiger partial charge in [-0.1, -0.05) is 11.8 Å². The van der Waals surface area contributed by atoms with Crippen molar-refractivity contribution in [3.63, 3.8) is 0 Å². The average molecular weight is 294 g/mol. The second-order valence-corrected chi connectivity index (χ2v) is 5.59. The summed E-state index contributed by atoms with van der Waals surface area (Å²) in [6.45, 7) is 0. The van der Waals surface area contributed by atoms with E-state index >= 15 is 0 Å². The Bertz CT molecular complexity index is 618. The molecule has 0 bridgehead atoms. The van der Waals surface area contributed by atoms with E-state index in [4.69, 9.17) is 0 Å². The molecule has 0 aromatic carbocycles. The second-order valence-electron chi connectivity index (χ2n) is 3.61. The van der Waals surface area contributed by atoms with E-state index in [2.05, 4.69) is 4.98 Å². The predicted octanol–water partition coefficient (Wildman–Crippen LogP) is 3.04. The normalized spacial score (nSPS) is 12.2. The van der Waals surface area contributed by atoms with E-state index in [1.807, 2.05) is 0 Å². The zero-order valence-corrected chi connectivity index (χ0v) is 11.0. The minimum Gasteiger partial charge on any atom is -0.290 e. The molecule has 0 radical (unpaired) electrons. The van der Waals surface area contributed by atoms with Crippen LogP contribution in [0.1, 0.15) is 6.42 Å². The van der Waals surface area contributed by atoms with Gasteiger partial charge >= 0.3 is 6.18 Å². The molecule has 2 aromatic heterocycles. The monoisotopic (exact) mass is 294 g/mol. The molecule has 0 aliphatic rings. The maximum atomic E-state index is 12.0. The summed E-state index contributed by atoms with van der Waals surface area (Å²) in [5.41, 5.74) is 0.321. The van der Waals surface area contributed by atoms with Gasteiger partial charge in [0.25, 0.3) is 5.56 Å². The van der Waals surface area contributed by atoms with Crippen molar-refractivity contribution >= 4 is 33.3 Å². The minimum atomic E-state index is -4.18. The lowest BCUT2D eigenvalue weighted by atomic mass is 10.5. The Morgan fingerprint density at radius 3 is 2.89 bits per heavy atom. The molecular weight excluding hydrogens is 285 g/mol. The SMILES string of the molecule is Cn1c(SCCC(F)(F)F)nc2ccsc2c1=O. The van der Waals surface area contributed by atoms with Crippen LogP contribution in [0, 0.1) is 0 Å². The number of hydrogen-bond donors (Lipinski definition) is 0. The van der Waals surface area contributed by atoms with Gasteiger partial charge in [0.2, 0.25) is 0 Å². The van der Waals surface area contributed by atoms with Crippen molar-refractivity contribution < 1.29 is 13.2 Å². The number of alkyl halides is 3. The lowest BCUT2D eigenvalue weighted by molar-refractivity contribution is -0.129. The van der Waals surface area contributed by atoms with Crippen LogP contribution in [-0.4, -0.2) is 21.5 Å². The van der Waals surface area contributed by atoms with Crippen molar-refractivity contribution in [2.24, 2.45) is 7.05 Å². The number of thiophene rings is 1. The first kappa shape index (κ1) is 13.4. The van der Waals surface area contributed by atoms with Gasteiger partial charge in [-0.25, -0.2) is 4.98 Å². The fraction of sp³-hybridized carbons (Fsp3) is 0.400. The lowest BCUT2D eigenvalue weighted by Crippen LogP contribution is -2.19. The van der Waals surface area contributed by atoms with Crippen LogP contribution < -0.4 is 5.56 Å². The molecule has 0 fully saturated rings. The van der Waals surface area contributed by atoms with Crippen LogP contribution in [-0.2, 0) is 7.05 Å². The molecule has 0 spiro atoms. The lowest BCUT2D eigenvalue weighted by Gasteiger charge is -2.08. The smallest absolute Gasteiger partial charge is 0.290 e. The largest absolute Gasteiger partial charge is 0.389 e. The highest BCUT2D eigenvalue weighted by Crippen LogP contribution is 2.25. The van der Waals surface area contributed by atoms with E-state index in [-0.39, 0.29) is 11.3 Å². The van der Waals surface area contributed by atoms with E-state index in [1.165, 1.54) is 23.0 Å². The number of hydrogen-bond acceptors (Lipinski definition) is 4. The highest BCUT2D eigenvalue weighted by Gasteiger charge is 2.26. The van der Waals surface area contributed by atoms with E-state index in [0.29, 0.717) is 15.4 Å². The molecule has 8 heteroatoms. The maximum absolute atomic E-state index is 12.0. The molecule has 98 valence electrons. The molecule has 0 N–H and O–H groups in total. The van der Waals surface area contributed by atoms with Crippen LogP contribution >= 0.6 is 23.1 Å². The van der Waals surface area contributed by atoms with Gasteiger partial charge in [-0.2, -0.15) is 13.2 Å². The molecule has 0 amide bonds. The van der Waals surface area contributed by atoms with E-state index in [9.17, 15) is 18.0 Å². The van der Waals surface area contributed by atoms with E-state index in [0.717, 1.165) is 11.8 Å². The molecule has 0 saturated heterocycles. The number of halogens is 3.